The normalized spacial score (nSPS) is 11.8. The van der Waals surface area contributed by atoms with E-state index in [1.165, 1.54) is 12.1 Å². The van der Waals surface area contributed by atoms with Crippen molar-refractivity contribution in [2.45, 2.75) is 6.04 Å². The third kappa shape index (κ3) is 2.67. The summed E-state index contributed by atoms with van der Waals surface area (Å²) in [4.78, 5) is 4.18. The third-order valence-corrected chi connectivity index (χ3v) is 3.27. The highest BCUT2D eigenvalue weighted by Gasteiger charge is 2.14. The molecule has 3 rings (SSSR count). The Balaban J connectivity index is 2.01. The van der Waals surface area contributed by atoms with Crippen LogP contribution in [0.25, 0.3) is 10.8 Å². The van der Waals surface area contributed by atoms with Gasteiger partial charge in [-0.05, 0) is 23.6 Å². The van der Waals surface area contributed by atoms with Gasteiger partial charge in [0.05, 0.1) is 6.07 Å². The summed E-state index contributed by atoms with van der Waals surface area (Å²) in [6.45, 7) is 0. The lowest BCUT2D eigenvalue weighted by Gasteiger charge is -2.15. The zero-order valence-electron chi connectivity index (χ0n) is 11.1. The first-order chi connectivity index (χ1) is 10.3. The number of rotatable bonds is 3. The van der Waals surface area contributed by atoms with Gasteiger partial charge in [-0.1, -0.05) is 30.3 Å². The van der Waals surface area contributed by atoms with Crippen molar-refractivity contribution in [1.82, 2.24) is 4.98 Å². The van der Waals surface area contributed by atoms with Gasteiger partial charge in [-0.2, -0.15) is 5.26 Å². The Morgan fingerprint density at radius 3 is 2.76 bits per heavy atom. The maximum absolute atomic E-state index is 13.2. The molecule has 4 heteroatoms. The summed E-state index contributed by atoms with van der Waals surface area (Å²) in [7, 11) is 0. The Kier molecular flexibility index (Phi) is 3.48. The van der Waals surface area contributed by atoms with Crippen LogP contribution in [0.2, 0.25) is 0 Å². The van der Waals surface area contributed by atoms with Crippen molar-refractivity contribution >= 4 is 16.5 Å². The number of fused-ring (bicyclic) bond motifs is 1. The molecule has 1 N–H and O–H groups in total. The molecule has 0 amide bonds. The van der Waals surface area contributed by atoms with E-state index in [-0.39, 0.29) is 5.82 Å². The van der Waals surface area contributed by atoms with E-state index >= 15 is 0 Å². The van der Waals surface area contributed by atoms with E-state index in [0.29, 0.717) is 5.69 Å². The number of anilines is 1. The fourth-order valence-corrected chi connectivity index (χ4v) is 2.29. The van der Waals surface area contributed by atoms with Gasteiger partial charge in [-0.25, -0.2) is 4.39 Å². The number of benzene rings is 2. The number of nitrogens with zero attached hydrogens (tertiary/aromatic N) is 2. The molecule has 102 valence electrons. The van der Waals surface area contributed by atoms with Crippen molar-refractivity contribution in [3.05, 3.63) is 72.3 Å². The molecule has 0 bridgehead atoms. The van der Waals surface area contributed by atoms with Crippen molar-refractivity contribution in [1.29, 1.82) is 5.26 Å². The Bertz CT molecular complexity index is 818. The number of pyridine rings is 1. The summed E-state index contributed by atoms with van der Waals surface area (Å²) in [6, 6.07) is 15.4. The van der Waals surface area contributed by atoms with E-state index in [1.807, 2.05) is 24.3 Å². The fraction of sp³-hybridized carbons (Fsp3) is 0.0588. The lowest BCUT2D eigenvalue weighted by atomic mass is 10.0. The van der Waals surface area contributed by atoms with Crippen molar-refractivity contribution in [2.75, 3.05) is 5.32 Å². The lowest BCUT2D eigenvalue weighted by Crippen LogP contribution is -2.09. The minimum atomic E-state index is -0.592. The van der Waals surface area contributed by atoms with Gasteiger partial charge in [0.15, 0.2) is 0 Å². The first-order valence-electron chi connectivity index (χ1n) is 6.52. The number of nitriles is 1. The van der Waals surface area contributed by atoms with Crippen LogP contribution in [-0.2, 0) is 0 Å². The molecule has 0 fully saturated rings. The van der Waals surface area contributed by atoms with Crippen molar-refractivity contribution < 1.29 is 4.39 Å². The highest BCUT2D eigenvalue weighted by Crippen LogP contribution is 2.26. The van der Waals surface area contributed by atoms with E-state index in [2.05, 4.69) is 16.4 Å². The van der Waals surface area contributed by atoms with Crippen LogP contribution in [0.5, 0.6) is 0 Å². The van der Waals surface area contributed by atoms with Crippen LogP contribution in [0.3, 0.4) is 0 Å². The van der Waals surface area contributed by atoms with Gasteiger partial charge >= 0.3 is 0 Å². The van der Waals surface area contributed by atoms with Crippen molar-refractivity contribution in [3.63, 3.8) is 0 Å². The summed E-state index contributed by atoms with van der Waals surface area (Å²) in [6.07, 6.45) is 3.43. The van der Waals surface area contributed by atoms with Crippen LogP contribution >= 0.6 is 0 Å². The van der Waals surface area contributed by atoms with E-state index in [1.54, 1.807) is 24.5 Å². The molecule has 0 aliphatic rings. The average molecular weight is 277 g/mol. The first kappa shape index (κ1) is 13.1. The van der Waals surface area contributed by atoms with Gasteiger partial charge in [-0.3, -0.25) is 4.98 Å². The Morgan fingerprint density at radius 2 is 1.95 bits per heavy atom. The molecular formula is C17H12FN3. The summed E-state index contributed by atoms with van der Waals surface area (Å²) < 4.78 is 13.2. The maximum Gasteiger partial charge on any atom is 0.142 e. The maximum atomic E-state index is 13.2. The summed E-state index contributed by atoms with van der Waals surface area (Å²) >= 11 is 0. The molecule has 0 spiro atoms. The number of aromatic nitrogens is 1. The second-order valence-electron chi connectivity index (χ2n) is 4.67. The monoisotopic (exact) mass is 277 g/mol. The van der Waals surface area contributed by atoms with Crippen LogP contribution in [0.15, 0.2) is 60.9 Å². The second-order valence-corrected chi connectivity index (χ2v) is 4.67. The summed E-state index contributed by atoms with van der Waals surface area (Å²) in [5.74, 6) is -0.340. The third-order valence-electron chi connectivity index (χ3n) is 3.27. The molecule has 3 aromatic rings. The molecule has 3 nitrogen and oxygen atoms in total. The number of hydrogen-bond acceptors (Lipinski definition) is 3. The molecule has 2 aromatic carbocycles. The molecule has 0 saturated carbocycles. The van der Waals surface area contributed by atoms with E-state index in [0.717, 1.165) is 16.3 Å². The molecule has 1 atom stereocenters. The Hall–Kier alpha value is -2.93. The van der Waals surface area contributed by atoms with E-state index < -0.39 is 6.04 Å². The number of hydrogen-bond donors (Lipinski definition) is 1. The fourth-order valence-electron chi connectivity index (χ4n) is 2.29. The van der Waals surface area contributed by atoms with Crippen molar-refractivity contribution in [3.8, 4) is 6.07 Å². The molecular weight excluding hydrogens is 265 g/mol. The standard InChI is InChI=1S/C17H12FN3/c18-13-5-3-6-14(8-13)21-17(9-19)16-11-20-10-12-4-1-2-7-15(12)16/h1-8,10-11,17,21H. The zero-order chi connectivity index (χ0) is 14.7. The predicted octanol–water partition coefficient (Wildman–Crippen LogP) is 4.05. The predicted molar refractivity (Wildman–Crippen MR) is 80.1 cm³/mol. The molecule has 1 aromatic heterocycles. The molecule has 0 saturated heterocycles. The highest BCUT2D eigenvalue weighted by molar-refractivity contribution is 5.85. The van der Waals surface area contributed by atoms with Crippen LogP contribution < -0.4 is 5.32 Å². The van der Waals surface area contributed by atoms with Gasteiger partial charge in [-0.15, -0.1) is 0 Å². The smallest absolute Gasteiger partial charge is 0.142 e. The summed E-state index contributed by atoms with van der Waals surface area (Å²) in [5, 5.41) is 14.4. The molecule has 1 unspecified atom stereocenters. The first-order valence-corrected chi connectivity index (χ1v) is 6.52. The molecule has 1 heterocycles. The highest BCUT2D eigenvalue weighted by atomic mass is 19.1. The summed E-state index contributed by atoms with van der Waals surface area (Å²) in [5.41, 5.74) is 1.34. The van der Waals surface area contributed by atoms with Gasteiger partial charge in [0.1, 0.15) is 11.9 Å². The largest absolute Gasteiger partial charge is 0.366 e. The molecule has 0 aliphatic heterocycles. The minimum Gasteiger partial charge on any atom is -0.366 e. The lowest BCUT2D eigenvalue weighted by molar-refractivity contribution is 0.628. The van der Waals surface area contributed by atoms with Crippen LogP contribution in [-0.4, -0.2) is 4.98 Å². The quantitative estimate of drug-likeness (QED) is 0.785. The van der Waals surface area contributed by atoms with Crippen LogP contribution in [0.4, 0.5) is 10.1 Å². The molecule has 21 heavy (non-hydrogen) atoms. The van der Waals surface area contributed by atoms with Crippen molar-refractivity contribution in [2.24, 2.45) is 0 Å². The van der Waals surface area contributed by atoms with Gasteiger partial charge in [0, 0.05) is 29.0 Å². The average Bonchev–Trinajstić information content (AvgIpc) is 2.52. The van der Waals surface area contributed by atoms with E-state index in [4.69, 9.17) is 0 Å². The topological polar surface area (TPSA) is 48.7 Å². The number of halogens is 1. The Morgan fingerprint density at radius 1 is 1.10 bits per heavy atom. The minimum absolute atomic E-state index is 0.340. The zero-order valence-corrected chi connectivity index (χ0v) is 11.1. The van der Waals surface area contributed by atoms with Gasteiger partial charge < -0.3 is 5.32 Å². The molecule has 0 aliphatic carbocycles. The van der Waals surface area contributed by atoms with Gasteiger partial charge in [0.25, 0.3) is 0 Å². The second kappa shape index (κ2) is 5.59. The van der Waals surface area contributed by atoms with Crippen LogP contribution in [0.1, 0.15) is 11.6 Å². The SMILES string of the molecule is N#CC(Nc1cccc(F)c1)c1cncc2ccccc12. The Labute approximate surface area is 121 Å². The van der Waals surface area contributed by atoms with Gasteiger partial charge in [0.2, 0.25) is 0 Å². The van der Waals surface area contributed by atoms with Crippen LogP contribution in [0, 0.1) is 17.1 Å². The van der Waals surface area contributed by atoms with E-state index in [9.17, 15) is 9.65 Å². The number of nitrogens with one attached hydrogen (secondary N) is 1. The molecule has 0 radical (unpaired) electrons.